The molecule has 1 aromatic carbocycles. The van der Waals surface area contributed by atoms with Crippen LogP contribution in [0.3, 0.4) is 0 Å². The minimum Gasteiger partial charge on any atom is -0.382 e. The Morgan fingerprint density at radius 1 is 1.61 bits per heavy atom. The third kappa shape index (κ3) is 2.98. The van der Waals surface area contributed by atoms with E-state index in [9.17, 15) is 9.30 Å². The number of hydrogen-bond donors (Lipinski definition) is 1. The van der Waals surface area contributed by atoms with Crippen molar-refractivity contribution in [2.24, 2.45) is 21.8 Å². The summed E-state index contributed by atoms with van der Waals surface area (Å²) in [4.78, 5) is 15.5. The SMILES string of the molecule is COC[C@H]1C[C@]2(c3cc(N=O)ccc3F)N=C(N)SC[C@@H]2CO1. The fourth-order valence-corrected chi connectivity index (χ4v) is 4.26. The molecule has 0 bridgehead atoms. The molecule has 0 amide bonds. The Bertz CT molecular complexity index is 642. The molecule has 0 aromatic heterocycles. The minimum atomic E-state index is -0.846. The van der Waals surface area contributed by atoms with Gasteiger partial charge in [-0.2, -0.15) is 0 Å². The molecule has 8 heteroatoms. The number of benzene rings is 1. The molecule has 1 aromatic rings. The maximum atomic E-state index is 14.6. The maximum absolute atomic E-state index is 14.6. The second-order valence-electron chi connectivity index (χ2n) is 5.75. The summed E-state index contributed by atoms with van der Waals surface area (Å²) >= 11 is 1.44. The number of thioether (sulfide) groups is 1. The Kier molecular flexibility index (Phi) is 4.65. The van der Waals surface area contributed by atoms with Crippen LogP contribution in [-0.4, -0.2) is 37.3 Å². The second kappa shape index (κ2) is 6.54. The third-order valence-electron chi connectivity index (χ3n) is 4.36. The van der Waals surface area contributed by atoms with E-state index in [0.717, 1.165) is 0 Å². The van der Waals surface area contributed by atoms with Gasteiger partial charge in [0.1, 0.15) is 11.5 Å². The molecule has 2 N–H and O–H groups in total. The van der Waals surface area contributed by atoms with Gasteiger partial charge in [-0.3, -0.25) is 4.99 Å². The van der Waals surface area contributed by atoms with Crippen LogP contribution in [0.5, 0.6) is 0 Å². The molecule has 2 heterocycles. The summed E-state index contributed by atoms with van der Waals surface area (Å²) in [7, 11) is 1.59. The van der Waals surface area contributed by atoms with Crippen LogP contribution >= 0.6 is 11.8 Å². The van der Waals surface area contributed by atoms with Crippen molar-refractivity contribution in [3.05, 3.63) is 34.5 Å². The van der Waals surface area contributed by atoms with Gasteiger partial charge in [0, 0.05) is 30.8 Å². The van der Waals surface area contributed by atoms with Gasteiger partial charge < -0.3 is 15.2 Å². The molecule has 124 valence electrons. The lowest BCUT2D eigenvalue weighted by atomic mass is 9.73. The smallest absolute Gasteiger partial charge is 0.154 e. The van der Waals surface area contributed by atoms with Crippen LogP contribution in [0.2, 0.25) is 0 Å². The number of halogens is 1. The Labute approximate surface area is 137 Å². The first kappa shape index (κ1) is 16.4. The molecule has 6 nitrogen and oxygen atoms in total. The molecule has 0 radical (unpaired) electrons. The maximum Gasteiger partial charge on any atom is 0.154 e. The van der Waals surface area contributed by atoms with Crippen LogP contribution in [-0.2, 0) is 15.0 Å². The molecule has 0 spiro atoms. The van der Waals surface area contributed by atoms with Gasteiger partial charge in [0.2, 0.25) is 0 Å². The zero-order valence-electron chi connectivity index (χ0n) is 12.7. The number of fused-ring (bicyclic) bond motifs is 1. The molecule has 3 atom stereocenters. The molecular formula is C15H18FN3O3S. The van der Waals surface area contributed by atoms with E-state index in [1.54, 1.807) is 7.11 Å². The van der Waals surface area contributed by atoms with Crippen LogP contribution < -0.4 is 5.73 Å². The lowest BCUT2D eigenvalue weighted by Crippen LogP contribution is -2.50. The molecular weight excluding hydrogens is 321 g/mol. The Hall–Kier alpha value is -1.51. The zero-order chi connectivity index (χ0) is 16.4. The highest BCUT2D eigenvalue weighted by Crippen LogP contribution is 2.48. The highest BCUT2D eigenvalue weighted by Gasteiger charge is 2.49. The third-order valence-corrected chi connectivity index (χ3v) is 5.32. The Morgan fingerprint density at radius 3 is 3.17 bits per heavy atom. The van der Waals surface area contributed by atoms with Crippen LogP contribution in [0.4, 0.5) is 10.1 Å². The standard InChI is InChI=1S/C15H18FN3O3S/c1-21-7-11-5-15(9(6-22-11)8-23-14(17)18-15)12-4-10(19-20)2-3-13(12)16/h2-4,9,11H,5-8H2,1H3,(H2,17,18)/t9-,11+,15-/m0/s1. The molecule has 1 fully saturated rings. The van der Waals surface area contributed by atoms with Crippen molar-refractivity contribution < 1.29 is 13.9 Å². The number of aliphatic imine (C=N–C) groups is 1. The summed E-state index contributed by atoms with van der Waals surface area (Å²) in [5.41, 5.74) is 5.62. The molecule has 0 saturated carbocycles. The number of amidine groups is 1. The molecule has 0 aliphatic carbocycles. The summed E-state index contributed by atoms with van der Waals surface area (Å²) in [6.45, 7) is 0.834. The first-order valence-electron chi connectivity index (χ1n) is 7.31. The van der Waals surface area contributed by atoms with Crippen LogP contribution in [0.1, 0.15) is 12.0 Å². The quantitative estimate of drug-likeness (QED) is 0.852. The van der Waals surface area contributed by atoms with E-state index in [4.69, 9.17) is 15.2 Å². The van der Waals surface area contributed by atoms with Crippen molar-refractivity contribution in [3.8, 4) is 0 Å². The highest BCUT2D eigenvalue weighted by atomic mass is 32.2. The number of hydrogen-bond acceptors (Lipinski definition) is 7. The van der Waals surface area contributed by atoms with E-state index < -0.39 is 11.4 Å². The Morgan fingerprint density at radius 2 is 2.43 bits per heavy atom. The normalized spacial score (nSPS) is 30.4. The van der Waals surface area contributed by atoms with Crippen molar-refractivity contribution in [2.45, 2.75) is 18.1 Å². The van der Waals surface area contributed by atoms with Gasteiger partial charge in [-0.05, 0) is 23.4 Å². The zero-order valence-corrected chi connectivity index (χ0v) is 13.5. The number of rotatable bonds is 4. The predicted octanol–water partition coefficient (Wildman–Crippen LogP) is 2.53. The topological polar surface area (TPSA) is 86.3 Å². The van der Waals surface area contributed by atoms with E-state index in [1.165, 1.54) is 30.0 Å². The molecule has 23 heavy (non-hydrogen) atoms. The predicted molar refractivity (Wildman–Crippen MR) is 87.3 cm³/mol. The van der Waals surface area contributed by atoms with Crippen molar-refractivity contribution in [3.63, 3.8) is 0 Å². The lowest BCUT2D eigenvalue weighted by molar-refractivity contribution is -0.0812. The molecule has 2 aliphatic heterocycles. The van der Waals surface area contributed by atoms with E-state index in [1.807, 2.05) is 0 Å². The average molecular weight is 339 g/mol. The second-order valence-corrected chi connectivity index (χ2v) is 6.79. The monoisotopic (exact) mass is 339 g/mol. The summed E-state index contributed by atoms with van der Waals surface area (Å²) < 4.78 is 25.5. The summed E-state index contributed by atoms with van der Waals surface area (Å²) in [6, 6.07) is 4.08. The van der Waals surface area contributed by atoms with E-state index in [0.29, 0.717) is 36.1 Å². The molecule has 2 aliphatic rings. The average Bonchev–Trinajstić information content (AvgIpc) is 2.55. The summed E-state index contributed by atoms with van der Waals surface area (Å²) in [5, 5.41) is 3.34. The number of nitrogens with two attached hydrogens (primary N) is 1. The van der Waals surface area contributed by atoms with Gasteiger partial charge in [-0.15, -0.1) is 4.91 Å². The van der Waals surface area contributed by atoms with Crippen molar-refractivity contribution >= 4 is 22.6 Å². The van der Waals surface area contributed by atoms with Crippen LogP contribution in [0.25, 0.3) is 0 Å². The Balaban J connectivity index is 2.11. The van der Waals surface area contributed by atoms with Crippen molar-refractivity contribution in [2.75, 3.05) is 26.1 Å². The van der Waals surface area contributed by atoms with Gasteiger partial charge in [0.25, 0.3) is 0 Å². The van der Waals surface area contributed by atoms with Crippen LogP contribution in [0.15, 0.2) is 28.4 Å². The summed E-state index contributed by atoms with van der Waals surface area (Å²) in [5.74, 6) is 0.251. The fraction of sp³-hybridized carbons (Fsp3) is 0.533. The molecule has 3 rings (SSSR count). The first-order chi connectivity index (χ1) is 11.1. The van der Waals surface area contributed by atoms with Crippen molar-refractivity contribution in [1.82, 2.24) is 0 Å². The van der Waals surface area contributed by atoms with Gasteiger partial charge >= 0.3 is 0 Å². The largest absolute Gasteiger partial charge is 0.382 e. The minimum absolute atomic E-state index is 0.0238. The number of nitroso groups, excluding NO2 is 1. The van der Waals surface area contributed by atoms with Crippen LogP contribution in [0, 0.1) is 16.6 Å². The van der Waals surface area contributed by atoms with Gasteiger partial charge in [-0.1, -0.05) is 11.8 Å². The van der Waals surface area contributed by atoms with E-state index >= 15 is 0 Å². The number of nitrogens with zero attached hydrogens (tertiary/aromatic N) is 2. The number of ether oxygens (including phenoxy) is 2. The first-order valence-corrected chi connectivity index (χ1v) is 8.29. The van der Waals surface area contributed by atoms with Gasteiger partial charge in [0.15, 0.2) is 5.17 Å². The number of methoxy groups -OCH3 is 1. The van der Waals surface area contributed by atoms with E-state index in [2.05, 4.69) is 10.2 Å². The fourth-order valence-electron chi connectivity index (χ4n) is 3.29. The molecule has 1 saturated heterocycles. The van der Waals surface area contributed by atoms with Crippen molar-refractivity contribution in [1.29, 1.82) is 0 Å². The highest BCUT2D eigenvalue weighted by molar-refractivity contribution is 8.13. The summed E-state index contributed by atoms with van der Waals surface area (Å²) in [6.07, 6.45) is 0.245. The van der Waals surface area contributed by atoms with Gasteiger partial charge in [-0.25, -0.2) is 4.39 Å². The van der Waals surface area contributed by atoms with E-state index in [-0.39, 0.29) is 17.7 Å². The molecule has 0 unspecified atom stereocenters. The van der Waals surface area contributed by atoms with Gasteiger partial charge in [0.05, 0.1) is 24.9 Å². The lowest BCUT2D eigenvalue weighted by Gasteiger charge is -2.46.